The molecular formula is C20H23N7S. The molecule has 0 bridgehead atoms. The maximum atomic E-state index is 8.29. The van der Waals surface area contributed by atoms with Gasteiger partial charge in [0, 0.05) is 48.4 Å². The number of nitrogens with zero attached hydrogens (tertiary/aromatic N) is 4. The lowest BCUT2D eigenvalue weighted by Crippen LogP contribution is -2.30. The van der Waals surface area contributed by atoms with Crippen LogP contribution in [0.1, 0.15) is 24.8 Å². The number of benzene rings is 1. The molecule has 0 amide bonds. The van der Waals surface area contributed by atoms with Gasteiger partial charge in [0.2, 0.25) is 0 Å². The summed E-state index contributed by atoms with van der Waals surface area (Å²) in [5, 5.41) is 10.0. The van der Waals surface area contributed by atoms with Gasteiger partial charge in [-0.25, -0.2) is 4.98 Å². The molecule has 1 aromatic carbocycles. The predicted octanol–water partition coefficient (Wildman–Crippen LogP) is 3.62. The molecule has 28 heavy (non-hydrogen) atoms. The number of hydrogen-bond acceptors (Lipinski definition) is 6. The van der Waals surface area contributed by atoms with Crippen molar-refractivity contribution < 1.29 is 0 Å². The summed E-state index contributed by atoms with van der Waals surface area (Å²) in [7, 11) is 1.62. The third-order valence-corrected chi connectivity index (χ3v) is 5.78. The number of aromatic amines is 1. The van der Waals surface area contributed by atoms with Crippen molar-refractivity contribution in [2.24, 2.45) is 10.7 Å². The highest BCUT2D eigenvalue weighted by Gasteiger charge is 2.15. The lowest BCUT2D eigenvalue weighted by atomic mass is 10.1. The number of nitrogens with one attached hydrogen (secondary N) is 2. The third kappa shape index (κ3) is 3.73. The second kappa shape index (κ2) is 8.02. The molecule has 0 radical (unpaired) electrons. The van der Waals surface area contributed by atoms with Crippen LogP contribution >= 0.6 is 11.8 Å². The fourth-order valence-electron chi connectivity index (χ4n) is 3.44. The van der Waals surface area contributed by atoms with E-state index in [-0.39, 0.29) is 0 Å². The highest BCUT2D eigenvalue weighted by Crippen LogP contribution is 2.30. The number of aliphatic imine (C=N–C) groups is 1. The van der Waals surface area contributed by atoms with Gasteiger partial charge in [-0.2, -0.15) is 0 Å². The van der Waals surface area contributed by atoms with Crippen LogP contribution in [0.2, 0.25) is 0 Å². The number of anilines is 1. The van der Waals surface area contributed by atoms with Crippen LogP contribution in [0.4, 0.5) is 5.82 Å². The Kier molecular flexibility index (Phi) is 5.29. The highest BCUT2D eigenvalue weighted by molar-refractivity contribution is 8.26. The number of fused-ring (bicyclic) bond motifs is 1. The Morgan fingerprint density at radius 3 is 2.86 bits per heavy atom. The van der Waals surface area contributed by atoms with E-state index in [9.17, 15) is 0 Å². The molecule has 144 valence electrons. The zero-order valence-electron chi connectivity index (χ0n) is 15.8. The van der Waals surface area contributed by atoms with Gasteiger partial charge in [0.15, 0.2) is 5.17 Å². The molecule has 1 saturated heterocycles. The van der Waals surface area contributed by atoms with Gasteiger partial charge in [0.25, 0.3) is 0 Å². The second-order valence-electron chi connectivity index (χ2n) is 6.77. The summed E-state index contributed by atoms with van der Waals surface area (Å²) >= 11 is 1.15. The fraction of sp³-hybridized carbons (Fsp3) is 0.300. The van der Waals surface area contributed by atoms with E-state index in [4.69, 9.17) is 16.1 Å². The predicted molar refractivity (Wildman–Crippen MR) is 117 cm³/mol. The lowest BCUT2D eigenvalue weighted by molar-refractivity contribution is 0.573. The van der Waals surface area contributed by atoms with Crippen LogP contribution in [-0.4, -0.2) is 45.3 Å². The standard InChI is InChI=1S/C20H23N7S/c1-23-20(22)28-19(21)13-5-6-16-14(9-13)15(10-25-16)17-11-24-12-18(26-17)27-7-3-2-4-8-27/h5-6,9-12,21,25H,2-4,7-8H2,1H3,(H2,22,23). The normalized spacial score (nSPS) is 15.2. The van der Waals surface area contributed by atoms with Gasteiger partial charge in [0.1, 0.15) is 10.9 Å². The smallest absolute Gasteiger partial charge is 0.160 e. The maximum Gasteiger partial charge on any atom is 0.160 e. The average molecular weight is 394 g/mol. The number of H-pyrrole nitrogens is 1. The van der Waals surface area contributed by atoms with Crippen molar-refractivity contribution in [1.82, 2.24) is 15.0 Å². The molecule has 3 heterocycles. The molecule has 0 aliphatic carbocycles. The third-order valence-electron chi connectivity index (χ3n) is 4.95. The van der Waals surface area contributed by atoms with Crippen LogP contribution in [-0.2, 0) is 0 Å². The van der Waals surface area contributed by atoms with Crippen molar-refractivity contribution >= 4 is 38.7 Å². The van der Waals surface area contributed by atoms with Crippen LogP contribution < -0.4 is 10.6 Å². The number of nitrogens with two attached hydrogens (primary N) is 1. The van der Waals surface area contributed by atoms with Gasteiger partial charge in [-0.15, -0.1) is 0 Å². The molecule has 3 aromatic rings. The molecule has 8 heteroatoms. The van der Waals surface area contributed by atoms with Gasteiger partial charge in [-0.05, 0) is 43.2 Å². The summed E-state index contributed by atoms with van der Waals surface area (Å²) in [5.74, 6) is 0.929. The van der Waals surface area contributed by atoms with Crippen molar-refractivity contribution in [3.8, 4) is 11.3 Å². The SMILES string of the molecule is CN=C(N)SC(=N)c1ccc2[nH]cc(-c3cncc(N4CCCCC4)n3)c2c1. The van der Waals surface area contributed by atoms with Crippen molar-refractivity contribution in [2.45, 2.75) is 19.3 Å². The van der Waals surface area contributed by atoms with Gasteiger partial charge in [-0.1, -0.05) is 6.07 Å². The first kappa shape index (κ1) is 18.5. The molecule has 4 N–H and O–H groups in total. The van der Waals surface area contributed by atoms with E-state index in [1.807, 2.05) is 30.6 Å². The van der Waals surface area contributed by atoms with Crippen molar-refractivity contribution in [1.29, 1.82) is 5.41 Å². The Morgan fingerprint density at radius 2 is 2.07 bits per heavy atom. The highest BCUT2D eigenvalue weighted by atomic mass is 32.2. The average Bonchev–Trinajstić information content (AvgIpc) is 3.17. The molecule has 2 aromatic heterocycles. The first-order valence-corrected chi connectivity index (χ1v) is 10.1. The quantitative estimate of drug-likeness (QED) is 0.465. The minimum absolute atomic E-state index is 0.366. The number of hydrogen-bond donors (Lipinski definition) is 3. The van der Waals surface area contributed by atoms with Gasteiger partial charge in [0.05, 0.1) is 18.1 Å². The lowest BCUT2D eigenvalue weighted by Gasteiger charge is -2.27. The van der Waals surface area contributed by atoms with Crippen molar-refractivity contribution in [3.05, 3.63) is 42.4 Å². The molecule has 1 fully saturated rings. The Labute approximate surface area is 168 Å². The molecule has 0 unspecified atom stereocenters. The van der Waals surface area contributed by atoms with Crippen LogP contribution in [0.25, 0.3) is 22.2 Å². The van der Waals surface area contributed by atoms with Crippen LogP contribution in [0.5, 0.6) is 0 Å². The summed E-state index contributed by atoms with van der Waals surface area (Å²) in [5.41, 5.74) is 9.37. The van der Waals surface area contributed by atoms with Crippen molar-refractivity contribution in [3.63, 3.8) is 0 Å². The summed E-state index contributed by atoms with van der Waals surface area (Å²) in [6.07, 6.45) is 9.28. The monoisotopic (exact) mass is 393 g/mol. The van der Waals surface area contributed by atoms with Crippen LogP contribution in [0.15, 0.2) is 41.8 Å². The van der Waals surface area contributed by atoms with Crippen LogP contribution in [0, 0.1) is 5.41 Å². The fourth-order valence-corrected chi connectivity index (χ4v) is 3.99. The first-order chi connectivity index (χ1) is 13.7. The topological polar surface area (TPSA) is 107 Å². The summed E-state index contributed by atoms with van der Waals surface area (Å²) in [4.78, 5) is 18.8. The largest absolute Gasteiger partial charge is 0.378 e. The molecule has 0 saturated carbocycles. The zero-order valence-corrected chi connectivity index (χ0v) is 16.6. The molecule has 7 nitrogen and oxygen atoms in total. The molecule has 4 rings (SSSR count). The first-order valence-electron chi connectivity index (χ1n) is 9.33. The number of aromatic nitrogens is 3. The number of rotatable bonds is 3. The Hall–Kier alpha value is -2.87. The minimum Gasteiger partial charge on any atom is -0.378 e. The number of amidine groups is 1. The Bertz CT molecular complexity index is 1030. The summed E-state index contributed by atoms with van der Waals surface area (Å²) in [6, 6.07) is 5.88. The molecule has 0 spiro atoms. The summed E-state index contributed by atoms with van der Waals surface area (Å²) in [6.45, 7) is 2.07. The van der Waals surface area contributed by atoms with E-state index in [2.05, 4.69) is 19.9 Å². The van der Waals surface area contributed by atoms with E-state index >= 15 is 0 Å². The number of thioether (sulfide) groups is 1. The number of piperidine rings is 1. The Morgan fingerprint density at radius 1 is 1.25 bits per heavy atom. The van der Waals surface area contributed by atoms with E-state index in [1.165, 1.54) is 19.3 Å². The van der Waals surface area contributed by atoms with Gasteiger partial charge < -0.3 is 15.6 Å². The van der Waals surface area contributed by atoms with Crippen LogP contribution in [0.3, 0.4) is 0 Å². The summed E-state index contributed by atoms with van der Waals surface area (Å²) < 4.78 is 0. The van der Waals surface area contributed by atoms with Gasteiger partial charge >= 0.3 is 0 Å². The van der Waals surface area contributed by atoms with E-state index in [0.29, 0.717) is 10.2 Å². The molecule has 1 aliphatic heterocycles. The Balaban J connectivity index is 1.69. The van der Waals surface area contributed by atoms with Crippen molar-refractivity contribution in [2.75, 3.05) is 25.0 Å². The molecule has 0 atom stereocenters. The molecular weight excluding hydrogens is 370 g/mol. The van der Waals surface area contributed by atoms with Gasteiger partial charge in [-0.3, -0.25) is 15.4 Å². The minimum atomic E-state index is 0.366. The van der Waals surface area contributed by atoms with E-state index < -0.39 is 0 Å². The maximum absolute atomic E-state index is 8.29. The zero-order chi connectivity index (χ0) is 19.5. The second-order valence-corrected chi connectivity index (χ2v) is 7.80. The van der Waals surface area contributed by atoms with E-state index in [0.717, 1.165) is 58.4 Å². The molecule has 1 aliphatic rings. The van der Waals surface area contributed by atoms with E-state index in [1.54, 1.807) is 13.2 Å².